The second kappa shape index (κ2) is 7.13. The van der Waals surface area contributed by atoms with Gasteiger partial charge < -0.3 is 4.90 Å². The summed E-state index contributed by atoms with van der Waals surface area (Å²) in [5.41, 5.74) is 2.90. The maximum Gasteiger partial charge on any atom is 0.269 e. The normalized spacial score (nSPS) is 20.8. The van der Waals surface area contributed by atoms with Crippen molar-refractivity contribution in [3.63, 3.8) is 0 Å². The number of non-ortho nitro benzene ring substituents is 1. The van der Waals surface area contributed by atoms with Gasteiger partial charge in [-0.3, -0.25) is 14.9 Å². The average Bonchev–Trinajstić information content (AvgIpc) is 3.42. The third-order valence-electron chi connectivity index (χ3n) is 5.08. The number of ketones is 1. The van der Waals surface area contributed by atoms with Crippen molar-refractivity contribution in [2.45, 2.75) is 18.6 Å². The Kier molecular flexibility index (Phi) is 4.52. The lowest BCUT2D eigenvalue weighted by Crippen LogP contribution is -2.93. The molecule has 0 bridgehead atoms. The lowest BCUT2D eigenvalue weighted by molar-refractivity contribution is -0.802. The predicted octanol–water partition coefficient (Wildman–Crippen LogP) is 2.99. The van der Waals surface area contributed by atoms with Gasteiger partial charge >= 0.3 is 0 Å². The van der Waals surface area contributed by atoms with Crippen LogP contribution in [0.15, 0.2) is 84.9 Å². The number of hydrogen-bond donors (Lipinski definition) is 1. The van der Waals surface area contributed by atoms with Crippen LogP contribution in [-0.2, 0) is 6.54 Å². The number of hydrogen-bond acceptors (Lipinski definition) is 3. The molecule has 1 aliphatic rings. The molecule has 27 heavy (non-hydrogen) atoms. The third-order valence-corrected chi connectivity index (χ3v) is 5.08. The van der Waals surface area contributed by atoms with Gasteiger partial charge in [0.2, 0.25) is 11.8 Å². The standard InChI is InChI=1S/C22H18N2O3/c25-22(18-9-5-2-6-10-18)21-20(17-11-13-19(14-12-17)24(26)27)23(21)15-16-7-3-1-4-8-16/h1-14,20-21H,15H2/p+1/t20-,21-,23?/m0/s1. The summed E-state index contributed by atoms with van der Waals surface area (Å²) in [7, 11) is 0. The number of nitrogens with zero attached hydrogens (tertiary/aromatic N) is 1. The van der Waals surface area contributed by atoms with E-state index in [1.54, 1.807) is 12.1 Å². The number of nitro benzene ring substituents is 1. The summed E-state index contributed by atoms with van der Waals surface area (Å²) in [5.74, 6) is 0.116. The van der Waals surface area contributed by atoms with Crippen molar-refractivity contribution >= 4 is 11.5 Å². The van der Waals surface area contributed by atoms with Crippen LogP contribution >= 0.6 is 0 Å². The fraction of sp³-hybridized carbons (Fsp3) is 0.136. The van der Waals surface area contributed by atoms with Crippen LogP contribution in [0.5, 0.6) is 0 Å². The molecule has 1 saturated heterocycles. The van der Waals surface area contributed by atoms with Gasteiger partial charge in [-0.05, 0) is 12.1 Å². The molecule has 1 N–H and O–H groups in total. The lowest BCUT2D eigenvalue weighted by Gasteiger charge is -2.02. The topological polar surface area (TPSA) is 64.6 Å². The molecule has 3 aromatic carbocycles. The average molecular weight is 359 g/mol. The van der Waals surface area contributed by atoms with E-state index in [-0.39, 0.29) is 23.6 Å². The Hall–Kier alpha value is -3.31. The van der Waals surface area contributed by atoms with Gasteiger partial charge in [0.25, 0.3) is 5.69 Å². The van der Waals surface area contributed by atoms with E-state index in [0.29, 0.717) is 5.56 Å². The Labute approximate surface area is 157 Å². The molecule has 1 heterocycles. The number of carbonyl (C=O) groups is 1. The zero-order valence-electron chi connectivity index (χ0n) is 14.6. The maximum atomic E-state index is 13.0. The molecule has 5 heteroatoms. The molecular weight excluding hydrogens is 340 g/mol. The number of nitrogens with one attached hydrogen (secondary N) is 1. The number of nitro groups is 1. The summed E-state index contributed by atoms with van der Waals surface area (Å²) in [5, 5.41) is 10.9. The first-order valence-electron chi connectivity index (χ1n) is 8.88. The Morgan fingerprint density at radius 2 is 1.48 bits per heavy atom. The maximum absolute atomic E-state index is 13.0. The number of benzene rings is 3. The summed E-state index contributed by atoms with van der Waals surface area (Å²) in [4.78, 5) is 24.7. The predicted molar refractivity (Wildman–Crippen MR) is 102 cm³/mol. The van der Waals surface area contributed by atoms with E-state index in [1.165, 1.54) is 22.6 Å². The Morgan fingerprint density at radius 3 is 2.07 bits per heavy atom. The first kappa shape index (κ1) is 17.1. The smallest absolute Gasteiger partial charge is 0.269 e. The zero-order chi connectivity index (χ0) is 18.8. The SMILES string of the molecule is O=C(c1ccccc1)[C@@H]1[C@H](c2ccc([N+](=O)[O-])cc2)[NH+]1Cc1ccccc1. The van der Waals surface area contributed by atoms with Crippen molar-refractivity contribution in [3.8, 4) is 0 Å². The molecule has 0 spiro atoms. The summed E-state index contributed by atoms with van der Waals surface area (Å²) < 4.78 is 0. The molecule has 0 aromatic heterocycles. The van der Waals surface area contributed by atoms with E-state index in [1.807, 2.05) is 48.5 Å². The minimum atomic E-state index is -0.405. The summed E-state index contributed by atoms with van der Waals surface area (Å²) in [6.07, 6.45) is 0. The fourth-order valence-corrected chi connectivity index (χ4v) is 3.68. The van der Waals surface area contributed by atoms with Crippen LogP contribution in [0, 0.1) is 10.1 Å². The minimum Gasteiger partial charge on any atom is -0.305 e. The highest BCUT2D eigenvalue weighted by Crippen LogP contribution is 2.28. The second-order valence-corrected chi connectivity index (χ2v) is 6.77. The molecule has 5 nitrogen and oxygen atoms in total. The molecular formula is C22H19N2O3+. The molecule has 0 amide bonds. The van der Waals surface area contributed by atoms with Gasteiger partial charge in [-0.25, -0.2) is 0 Å². The van der Waals surface area contributed by atoms with E-state index in [9.17, 15) is 14.9 Å². The molecule has 0 saturated carbocycles. The van der Waals surface area contributed by atoms with E-state index < -0.39 is 4.92 Å². The summed E-state index contributed by atoms with van der Waals surface area (Å²) in [6, 6.07) is 25.8. The highest BCUT2D eigenvalue weighted by atomic mass is 16.6. The third kappa shape index (κ3) is 3.50. The van der Waals surface area contributed by atoms with Crippen LogP contribution in [0.25, 0.3) is 0 Å². The molecule has 1 aliphatic heterocycles. The largest absolute Gasteiger partial charge is 0.305 e. The van der Waals surface area contributed by atoms with Crippen molar-refractivity contribution in [2.24, 2.45) is 0 Å². The molecule has 0 aliphatic carbocycles. The number of Topliss-reactive ketones (excluding diaryl/α,β-unsaturated/α-hetero) is 1. The first-order chi connectivity index (χ1) is 13.1. The van der Waals surface area contributed by atoms with Crippen LogP contribution in [0.1, 0.15) is 27.5 Å². The van der Waals surface area contributed by atoms with Crippen LogP contribution < -0.4 is 4.90 Å². The molecule has 3 atom stereocenters. The van der Waals surface area contributed by atoms with Gasteiger partial charge in [0.15, 0.2) is 6.04 Å². The van der Waals surface area contributed by atoms with E-state index in [0.717, 1.165) is 12.1 Å². The van der Waals surface area contributed by atoms with Gasteiger partial charge in [0, 0.05) is 28.8 Å². The molecule has 0 radical (unpaired) electrons. The van der Waals surface area contributed by atoms with Crippen LogP contribution in [-0.4, -0.2) is 16.7 Å². The zero-order valence-corrected chi connectivity index (χ0v) is 14.6. The van der Waals surface area contributed by atoms with E-state index in [4.69, 9.17) is 0 Å². The quantitative estimate of drug-likeness (QED) is 0.318. The van der Waals surface area contributed by atoms with Gasteiger partial charge in [-0.1, -0.05) is 60.7 Å². The first-order valence-corrected chi connectivity index (χ1v) is 8.88. The highest BCUT2D eigenvalue weighted by molar-refractivity contribution is 6.00. The summed E-state index contributed by atoms with van der Waals surface area (Å²) in [6.45, 7) is 0.742. The van der Waals surface area contributed by atoms with Crippen molar-refractivity contribution < 1.29 is 14.6 Å². The van der Waals surface area contributed by atoms with Crippen molar-refractivity contribution in [1.82, 2.24) is 0 Å². The number of rotatable bonds is 6. The van der Waals surface area contributed by atoms with E-state index >= 15 is 0 Å². The van der Waals surface area contributed by atoms with Gasteiger partial charge in [-0.2, -0.15) is 0 Å². The number of carbonyl (C=O) groups excluding carboxylic acids is 1. The molecule has 3 aromatic rings. The van der Waals surface area contributed by atoms with Crippen molar-refractivity contribution in [1.29, 1.82) is 0 Å². The lowest BCUT2D eigenvalue weighted by atomic mass is 10.0. The van der Waals surface area contributed by atoms with Crippen molar-refractivity contribution in [3.05, 3.63) is 112 Å². The van der Waals surface area contributed by atoms with Gasteiger partial charge in [-0.15, -0.1) is 0 Å². The Balaban J connectivity index is 1.62. The second-order valence-electron chi connectivity index (χ2n) is 6.77. The van der Waals surface area contributed by atoms with Gasteiger partial charge in [0.1, 0.15) is 6.54 Å². The monoisotopic (exact) mass is 359 g/mol. The van der Waals surface area contributed by atoms with Crippen LogP contribution in [0.2, 0.25) is 0 Å². The number of quaternary nitrogens is 1. The summed E-state index contributed by atoms with van der Waals surface area (Å²) >= 11 is 0. The minimum absolute atomic E-state index is 0.0127. The molecule has 4 rings (SSSR count). The van der Waals surface area contributed by atoms with Crippen LogP contribution in [0.3, 0.4) is 0 Å². The fourth-order valence-electron chi connectivity index (χ4n) is 3.68. The van der Waals surface area contributed by atoms with E-state index in [2.05, 4.69) is 12.1 Å². The molecule has 1 unspecified atom stereocenters. The molecule has 1 fully saturated rings. The van der Waals surface area contributed by atoms with Crippen molar-refractivity contribution in [2.75, 3.05) is 0 Å². The van der Waals surface area contributed by atoms with Crippen LogP contribution in [0.4, 0.5) is 5.69 Å². The Bertz CT molecular complexity index is 956. The van der Waals surface area contributed by atoms with Gasteiger partial charge in [0.05, 0.1) is 4.92 Å². The Morgan fingerprint density at radius 1 is 0.889 bits per heavy atom. The highest BCUT2D eigenvalue weighted by Gasteiger charge is 2.59. The molecule has 134 valence electrons.